The number of fused-ring (bicyclic) bond motifs is 3. The number of phenolic OH excluding ortho intramolecular Hbond substituents is 2. The smallest absolute Gasteiger partial charge is 0.269 e. The highest BCUT2D eigenvalue weighted by atomic mass is 32.2. The quantitative estimate of drug-likeness (QED) is 0.0251. The Bertz CT molecular complexity index is 2320. The highest BCUT2D eigenvalue weighted by Gasteiger charge is 2.49. The Balaban J connectivity index is 1.05. The fraction of sp³-hybridized carbons (Fsp3) is 0.523. The number of carbonyl (C=O) groups is 5. The number of aliphatic hydroxyl groups is 2. The van der Waals surface area contributed by atoms with Gasteiger partial charge in [-0.2, -0.15) is 5.10 Å². The summed E-state index contributed by atoms with van der Waals surface area (Å²) in [5.41, 5.74) is 12.7. The van der Waals surface area contributed by atoms with Crippen molar-refractivity contribution in [1.82, 2.24) is 32.0 Å². The molecule has 2 heterocycles. The van der Waals surface area contributed by atoms with E-state index in [0.29, 0.717) is 37.6 Å². The van der Waals surface area contributed by atoms with E-state index in [0.717, 1.165) is 5.70 Å². The standard InChI is InChI=1S/C44H59N9O13S/c1-6-31(49-50-32(55)13-8-7-9-14-64-51-22(2)43(61)47-21-67-19-25-18-53(52-48-25)20-46-24(4)54)44(62)16-27-35(30(17-44)66-33-15-28(45)38(56)23(3)65-33)42(60)37-36(40(27)58)39(57)26-11-10-12-29(63-5)34(26)41(37)59/h10-12,18,23,28,30,33,38,48,52,56,58,60,62H,6-9,13-17,19-21,45H2,1-5H3,(H,46,54)(H,47,61)(H,50,55)/b49-31+,51-22+/t23-,28?,30-,33?,38?,44-/m0/s1. The number of hydrogen-bond acceptors (Lipinski definition) is 20. The highest BCUT2D eigenvalue weighted by Crippen LogP contribution is 2.53. The first-order valence-electron chi connectivity index (χ1n) is 21.9. The maximum Gasteiger partial charge on any atom is 0.269 e. The second kappa shape index (κ2) is 22.3. The number of hydrazine groups is 2. The minimum Gasteiger partial charge on any atom is -0.507 e. The predicted molar refractivity (Wildman–Crippen MR) is 243 cm³/mol. The molecule has 2 aromatic rings. The van der Waals surface area contributed by atoms with Gasteiger partial charge in [-0.05, 0) is 45.6 Å². The summed E-state index contributed by atoms with van der Waals surface area (Å²) in [6.45, 7) is 6.79. The molecule has 0 spiro atoms. The summed E-state index contributed by atoms with van der Waals surface area (Å²) in [6, 6.07) is 3.70. The number of benzene rings is 2. The zero-order valence-electron chi connectivity index (χ0n) is 38.0. The summed E-state index contributed by atoms with van der Waals surface area (Å²) in [5, 5.41) is 62.0. The highest BCUT2D eigenvalue weighted by molar-refractivity contribution is 7.99. The Morgan fingerprint density at radius 3 is 2.55 bits per heavy atom. The number of phenols is 2. The molecule has 4 aliphatic rings. The number of thioether (sulfide) groups is 1. The topological polar surface area (TPSA) is 317 Å². The van der Waals surface area contributed by atoms with Crippen LogP contribution in [-0.2, 0) is 35.1 Å². The number of rotatable bonds is 20. The molecular formula is C44H59N9O13S. The largest absolute Gasteiger partial charge is 0.507 e. The number of hydrogen-bond donors (Lipinski definition) is 10. The van der Waals surface area contributed by atoms with Gasteiger partial charge in [0.2, 0.25) is 17.6 Å². The number of nitrogens with zero attached hydrogens (tertiary/aromatic N) is 3. The third-order valence-electron chi connectivity index (χ3n) is 11.8. The first-order valence-corrected chi connectivity index (χ1v) is 23.1. The van der Waals surface area contributed by atoms with E-state index in [2.05, 4.69) is 37.3 Å². The van der Waals surface area contributed by atoms with Crippen molar-refractivity contribution in [1.29, 1.82) is 0 Å². The van der Waals surface area contributed by atoms with E-state index in [1.165, 1.54) is 50.9 Å². The number of aliphatic hydroxyl groups excluding tert-OH is 1. The first-order chi connectivity index (χ1) is 32.0. The summed E-state index contributed by atoms with van der Waals surface area (Å²) >= 11 is 1.46. The van der Waals surface area contributed by atoms with Crippen molar-refractivity contribution in [2.24, 2.45) is 16.0 Å². The maximum absolute atomic E-state index is 14.1. The molecule has 6 atom stereocenters. The van der Waals surface area contributed by atoms with E-state index in [4.69, 9.17) is 24.8 Å². The molecule has 2 aliphatic carbocycles. The van der Waals surface area contributed by atoms with Gasteiger partial charge in [-0.3, -0.25) is 29.0 Å². The lowest BCUT2D eigenvalue weighted by atomic mass is 9.71. The molecule has 364 valence electrons. The van der Waals surface area contributed by atoms with Crippen LogP contribution in [0.5, 0.6) is 17.2 Å². The third kappa shape index (κ3) is 11.7. The molecule has 0 bridgehead atoms. The van der Waals surface area contributed by atoms with E-state index < -0.39 is 76.3 Å². The third-order valence-corrected chi connectivity index (χ3v) is 12.6. The number of nitrogens with one attached hydrogen (secondary N) is 5. The second-order valence-electron chi connectivity index (χ2n) is 16.6. The summed E-state index contributed by atoms with van der Waals surface area (Å²) in [4.78, 5) is 69.8. The van der Waals surface area contributed by atoms with Gasteiger partial charge in [-0.15, -0.1) is 17.3 Å². The molecule has 67 heavy (non-hydrogen) atoms. The van der Waals surface area contributed by atoms with Gasteiger partial charge in [0, 0.05) is 67.3 Å². The van der Waals surface area contributed by atoms with Crippen LogP contribution >= 0.6 is 11.8 Å². The number of carbonyl (C=O) groups excluding carboxylic acids is 5. The lowest BCUT2D eigenvalue weighted by Gasteiger charge is -2.43. The minimum atomic E-state index is -1.92. The number of hydrazone groups is 1. The Kier molecular flexibility index (Phi) is 16.9. The number of amides is 3. The van der Waals surface area contributed by atoms with Gasteiger partial charge in [0.05, 0.1) is 59.4 Å². The van der Waals surface area contributed by atoms with Gasteiger partial charge in [-0.1, -0.05) is 24.2 Å². The van der Waals surface area contributed by atoms with Crippen LogP contribution in [0, 0.1) is 0 Å². The van der Waals surface area contributed by atoms with Gasteiger partial charge in [-0.25, -0.2) is 5.43 Å². The van der Waals surface area contributed by atoms with Crippen LogP contribution in [0.25, 0.3) is 0 Å². The number of aromatic hydroxyl groups is 2. The van der Waals surface area contributed by atoms with Crippen LogP contribution in [-0.4, -0.2) is 128 Å². The average Bonchev–Trinajstić information content (AvgIpc) is 3.76. The van der Waals surface area contributed by atoms with Crippen molar-refractivity contribution >= 4 is 52.5 Å². The Hall–Kier alpha value is -5.82. The molecule has 2 aliphatic heterocycles. The fourth-order valence-corrected chi connectivity index (χ4v) is 8.98. The van der Waals surface area contributed by atoms with Crippen molar-refractivity contribution in [2.75, 3.05) is 32.0 Å². The number of ether oxygens (including phenoxy) is 3. The summed E-state index contributed by atoms with van der Waals surface area (Å²) in [7, 11) is 1.34. The molecule has 1 saturated heterocycles. The number of oxime groups is 1. The van der Waals surface area contributed by atoms with Crippen molar-refractivity contribution in [2.45, 2.75) is 115 Å². The monoisotopic (exact) mass is 953 g/mol. The molecule has 2 aromatic carbocycles. The maximum atomic E-state index is 14.1. The molecule has 0 aromatic heterocycles. The van der Waals surface area contributed by atoms with Gasteiger partial charge in [0.1, 0.15) is 41.8 Å². The first kappa shape index (κ1) is 50.6. The lowest BCUT2D eigenvalue weighted by molar-refractivity contribution is -0.245. The molecule has 23 heteroatoms. The molecule has 11 N–H and O–H groups in total. The number of nitrogens with two attached hydrogens (primary N) is 1. The molecule has 0 radical (unpaired) electrons. The summed E-state index contributed by atoms with van der Waals surface area (Å²) in [5.74, 6) is -2.71. The Labute approximate surface area is 391 Å². The number of ketones is 2. The van der Waals surface area contributed by atoms with Gasteiger partial charge in [0.25, 0.3) is 5.91 Å². The molecule has 22 nitrogen and oxygen atoms in total. The normalized spacial score (nSPS) is 23.6. The van der Waals surface area contributed by atoms with E-state index in [1.807, 2.05) is 6.20 Å². The SMILES string of the molecule is CC/C(=N\NC(=O)CCCCCO/N=C(\C)C(=O)NCSCC1=CN(CNC(C)=O)NN1)[C@]1(O)Cc2c(O)c3c(c(O)c2[C@@H](OC2CC(N)C(O)[C@H](C)O2)C1)C(=O)c1c(OC)cccc1C3=O. The van der Waals surface area contributed by atoms with E-state index in [9.17, 15) is 44.4 Å². The molecule has 1 fully saturated rings. The van der Waals surface area contributed by atoms with Gasteiger partial charge >= 0.3 is 0 Å². The van der Waals surface area contributed by atoms with Crippen LogP contribution in [0.3, 0.4) is 0 Å². The van der Waals surface area contributed by atoms with Crippen molar-refractivity contribution in [3.8, 4) is 17.2 Å². The molecule has 6 rings (SSSR count). The molecular weight excluding hydrogens is 895 g/mol. The van der Waals surface area contributed by atoms with Crippen LogP contribution in [0.15, 0.2) is 40.4 Å². The zero-order chi connectivity index (χ0) is 48.6. The van der Waals surface area contributed by atoms with Crippen molar-refractivity contribution in [3.63, 3.8) is 0 Å². The van der Waals surface area contributed by atoms with Gasteiger partial charge < -0.3 is 61.3 Å². The Morgan fingerprint density at radius 2 is 1.84 bits per heavy atom. The van der Waals surface area contributed by atoms with Gasteiger partial charge in [0.15, 0.2) is 12.1 Å². The Morgan fingerprint density at radius 1 is 1.07 bits per heavy atom. The molecule has 0 saturated carbocycles. The van der Waals surface area contributed by atoms with E-state index >= 15 is 0 Å². The minimum absolute atomic E-state index is 0.0243. The van der Waals surface area contributed by atoms with Crippen LogP contribution < -0.4 is 37.5 Å². The van der Waals surface area contributed by atoms with Crippen LogP contribution in [0.1, 0.15) is 122 Å². The predicted octanol–water partition coefficient (Wildman–Crippen LogP) is 1.34. The number of methoxy groups -OCH3 is 1. The van der Waals surface area contributed by atoms with Crippen molar-refractivity contribution < 1.29 is 63.4 Å². The zero-order valence-corrected chi connectivity index (χ0v) is 38.8. The van der Waals surface area contributed by atoms with E-state index in [-0.39, 0.29) is 90.0 Å². The van der Waals surface area contributed by atoms with Crippen LogP contribution in [0.4, 0.5) is 0 Å². The number of unbranched alkanes of at least 4 members (excludes halogenated alkanes) is 2. The summed E-state index contributed by atoms with van der Waals surface area (Å²) in [6.07, 6.45) is -1.12. The van der Waals surface area contributed by atoms with E-state index in [1.54, 1.807) is 18.9 Å². The summed E-state index contributed by atoms with van der Waals surface area (Å²) < 4.78 is 17.6. The lowest BCUT2D eigenvalue weighted by Crippen LogP contribution is -2.52. The fourth-order valence-electron chi connectivity index (χ4n) is 8.28. The average molecular weight is 954 g/mol. The molecule has 3 amide bonds. The van der Waals surface area contributed by atoms with Crippen molar-refractivity contribution in [3.05, 3.63) is 63.5 Å². The molecule has 3 unspecified atom stereocenters. The second-order valence-corrected chi connectivity index (χ2v) is 17.6. The van der Waals surface area contributed by atoms with Crippen LogP contribution in [0.2, 0.25) is 0 Å².